The van der Waals surface area contributed by atoms with Gasteiger partial charge in [0.05, 0.1) is 5.52 Å². The van der Waals surface area contributed by atoms with Crippen LogP contribution in [0.5, 0.6) is 0 Å². The molecule has 0 saturated heterocycles. The Kier molecular flexibility index (Phi) is 4.79. The van der Waals surface area contributed by atoms with E-state index in [9.17, 15) is 4.39 Å². The van der Waals surface area contributed by atoms with Crippen molar-refractivity contribution in [3.05, 3.63) is 71.7 Å². The second-order valence-electron chi connectivity index (χ2n) is 5.80. The molecule has 5 nitrogen and oxygen atoms in total. The number of benzene rings is 2. The van der Waals surface area contributed by atoms with E-state index >= 15 is 0 Å². The lowest BCUT2D eigenvalue weighted by atomic mass is 10.1. The maximum absolute atomic E-state index is 13.8. The molecule has 0 unspecified atom stereocenters. The molecule has 0 spiro atoms. The molecule has 25 heavy (non-hydrogen) atoms. The minimum Gasteiger partial charge on any atom is -0.389 e. The monoisotopic (exact) mass is 338 g/mol. The SMILES string of the molecule is CN(C)c1ccc(C(N)=NOCc2ccc(F)c3cccnc23)cc1. The molecule has 2 aromatic carbocycles. The van der Waals surface area contributed by atoms with Crippen LogP contribution in [0.25, 0.3) is 10.9 Å². The van der Waals surface area contributed by atoms with E-state index in [1.807, 2.05) is 43.3 Å². The fourth-order valence-electron chi connectivity index (χ4n) is 2.47. The predicted octanol–water partition coefficient (Wildman–Crippen LogP) is 3.28. The highest BCUT2D eigenvalue weighted by molar-refractivity contribution is 5.97. The molecule has 128 valence electrons. The summed E-state index contributed by atoms with van der Waals surface area (Å²) in [6.07, 6.45) is 1.62. The highest BCUT2D eigenvalue weighted by atomic mass is 19.1. The lowest BCUT2D eigenvalue weighted by Crippen LogP contribution is -2.14. The summed E-state index contributed by atoms with van der Waals surface area (Å²) < 4.78 is 13.8. The zero-order valence-electron chi connectivity index (χ0n) is 14.1. The first-order valence-electron chi connectivity index (χ1n) is 7.81. The molecule has 1 heterocycles. The summed E-state index contributed by atoms with van der Waals surface area (Å²) in [5, 5.41) is 4.41. The van der Waals surface area contributed by atoms with Crippen LogP contribution in [0.15, 0.2) is 59.9 Å². The summed E-state index contributed by atoms with van der Waals surface area (Å²) in [7, 11) is 3.94. The smallest absolute Gasteiger partial charge is 0.170 e. The van der Waals surface area contributed by atoms with Gasteiger partial charge in [0.25, 0.3) is 0 Å². The summed E-state index contributed by atoms with van der Waals surface area (Å²) in [4.78, 5) is 11.6. The van der Waals surface area contributed by atoms with Crippen LogP contribution in [0.4, 0.5) is 10.1 Å². The van der Waals surface area contributed by atoms with Gasteiger partial charge in [0.1, 0.15) is 12.4 Å². The van der Waals surface area contributed by atoms with Crippen molar-refractivity contribution in [1.82, 2.24) is 4.98 Å². The van der Waals surface area contributed by atoms with Gasteiger partial charge in [0.2, 0.25) is 0 Å². The number of hydrogen-bond donors (Lipinski definition) is 1. The molecule has 2 N–H and O–H groups in total. The van der Waals surface area contributed by atoms with E-state index in [4.69, 9.17) is 10.6 Å². The number of nitrogens with zero attached hydrogens (tertiary/aromatic N) is 3. The second-order valence-corrected chi connectivity index (χ2v) is 5.80. The number of oxime groups is 1. The third-order valence-electron chi connectivity index (χ3n) is 3.86. The average molecular weight is 338 g/mol. The van der Waals surface area contributed by atoms with E-state index in [2.05, 4.69) is 10.1 Å². The summed E-state index contributed by atoms with van der Waals surface area (Å²) in [5.74, 6) is -0.0273. The predicted molar refractivity (Wildman–Crippen MR) is 98.0 cm³/mol. The van der Waals surface area contributed by atoms with Crippen molar-refractivity contribution in [2.75, 3.05) is 19.0 Å². The lowest BCUT2D eigenvalue weighted by Gasteiger charge is -2.12. The number of anilines is 1. The molecule has 0 aliphatic rings. The Labute approximate surface area is 145 Å². The number of aromatic nitrogens is 1. The first-order chi connectivity index (χ1) is 12.1. The lowest BCUT2D eigenvalue weighted by molar-refractivity contribution is 0.131. The first kappa shape index (κ1) is 16.7. The maximum Gasteiger partial charge on any atom is 0.170 e. The zero-order chi connectivity index (χ0) is 17.8. The molecule has 3 aromatic rings. The summed E-state index contributed by atoms with van der Waals surface area (Å²) in [6, 6.07) is 14.1. The molecule has 0 aliphatic heterocycles. The largest absolute Gasteiger partial charge is 0.389 e. The van der Waals surface area contributed by atoms with Gasteiger partial charge in [-0.1, -0.05) is 11.2 Å². The Morgan fingerprint density at radius 2 is 1.92 bits per heavy atom. The topological polar surface area (TPSA) is 63.7 Å². The summed E-state index contributed by atoms with van der Waals surface area (Å²) >= 11 is 0. The zero-order valence-corrected chi connectivity index (χ0v) is 14.1. The Bertz CT molecular complexity index is 907. The van der Waals surface area contributed by atoms with E-state index < -0.39 is 0 Å². The Morgan fingerprint density at radius 3 is 2.64 bits per heavy atom. The number of halogens is 1. The van der Waals surface area contributed by atoms with Gasteiger partial charge in [-0.25, -0.2) is 4.39 Å². The molecule has 0 fully saturated rings. The van der Waals surface area contributed by atoms with Gasteiger partial charge in [0.15, 0.2) is 5.84 Å². The van der Waals surface area contributed by atoms with E-state index in [0.29, 0.717) is 10.9 Å². The number of nitrogens with two attached hydrogens (primary N) is 1. The molecular weight excluding hydrogens is 319 g/mol. The molecule has 0 atom stereocenters. The molecule has 0 radical (unpaired) electrons. The molecule has 6 heteroatoms. The number of hydrogen-bond acceptors (Lipinski definition) is 4. The second kappa shape index (κ2) is 7.17. The van der Waals surface area contributed by atoms with Crippen LogP contribution in [0.2, 0.25) is 0 Å². The summed E-state index contributed by atoms with van der Waals surface area (Å²) in [5.41, 5.74) is 9.11. The fraction of sp³-hybridized carbons (Fsp3) is 0.158. The van der Waals surface area contributed by atoms with E-state index in [0.717, 1.165) is 16.8 Å². The third kappa shape index (κ3) is 3.68. The minimum atomic E-state index is -0.309. The molecule has 0 aliphatic carbocycles. The van der Waals surface area contributed by atoms with Gasteiger partial charge in [-0.2, -0.15) is 0 Å². The fourth-order valence-corrected chi connectivity index (χ4v) is 2.47. The van der Waals surface area contributed by atoms with Crippen LogP contribution in [0.3, 0.4) is 0 Å². The van der Waals surface area contributed by atoms with Crippen molar-refractivity contribution in [1.29, 1.82) is 0 Å². The molecular formula is C19H19FN4O. The Hall–Kier alpha value is -3.15. The van der Waals surface area contributed by atoms with Gasteiger partial charge in [0, 0.05) is 42.5 Å². The first-order valence-corrected chi connectivity index (χ1v) is 7.81. The highest BCUT2D eigenvalue weighted by Crippen LogP contribution is 2.20. The molecule has 3 rings (SSSR count). The normalized spacial score (nSPS) is 11.6. The van der Waals surface area contributed by atoms with E-state index in [1.54, 1.807) is 24.4 Å². The standard InChI is InChI=1S/C19H19FN4O/c1-24(2)15-8-5-13(6-9-15)19(21)23-25-12-14-7-10-17(20)16-4-3-11-22-18(14)16/h3-11H,12H2,1-2H3,(H2,21,23). The van der Waals surface area contributed by atoms with Crippen LogP contribution in [0, 0.1) is 5.82 Å². The van der Waals surface area contributed by atoms with Crippen molar-refractivity contribution < 1.29 is 9.23 Å². The van der Waals surface area contributed by atoms with Crippen LogP contribution in [-0.2, 0) is 11.4 Å². The van der Waals surface area contributed by atoms with Crippen LogP contribution in [-0.4, -0.2) is 24.9 Å². The molecule has 0 bridgehead atoms. The van der Waals surface area contributed by atoms with Crippen molar-refractivity contribution in [2.45, 2.75) is 6.61 Å². The van der Waals surface area contributed by atoms with Gasteiger partial charge in [-0.3, -0.25) is 4.98 Å². The van der Waals surface area contributed by atoms with Crippen molar-refractivity contribution in [2.24, 2.45) is 10.9 Å². The molecule has 1 aromatic heterocycles. The number of amidine groups is 1. The van der Waals surface area contributed by atoms with Gasteiger partial charge >= 0.3 is 0 Å². The van der Waals surface area contributed by atoms with Crippen LogP contribution < -0.4 is 10.6 Å². The number of rotatable bonds is 5. The van der Waals surface area contributed by atoms with Gasteiger partial charge < -0.3 is 15.5 Å². The summed E-state index contributed by atoms with van der Waals surface area (Å²) in [6.45, 7) is 0.157. The third-order valence-corrected chi connectivity index (χ3v) is 3.86. The van der Waals surface area contributed by atoms with Gasteiger partial charge in [-0.05, 0) is 42.5 Å². The Balaban J connectivity index is 1.73. The van der Waals surface area contributed by atoms with Crippen LogP contribution in [0.1, 0.15) is 11.1 Å². The Morgan fingerprint density at radius 1 is 1.16 bits per heavy atom. The average Bonchev–Trinajstić information content (AvgIpc) is 2.64. The minimum absolute atomic E-state index is 0.157. The molecule has 0 amide bonds. The highest BCUT2D eigenvalue weighted by Gasteiger charge is 2.07. The van der Waals surface area contributed by atoms with Crippen LogP contribution >= 0.6 is 0 Å². The van der Waals surface area contributed by atoms with E-state index in [-0.39, 0.29) is 18.3 Å². The van der Waals surface area contributed by atoms with E-state index in [1.165, 1.54) is 6.07 Å². The maximum atomic E-state index is 13.8. The number of pyridine rings is 1. The number of fused-ring (bicyclic) bond motifs is 1. The molecule has 0 saturated carbocycles. The van der Waals surface area contributed by atoms with Gasteiger partial charge in [-0.15, -0.1) is 0 Å². The van der Waals surface area contributed by atoms with Crippen molar-refractivity contribution in [3.8, 4) is 0 Å². The van der Waals surface area contributed by atoms with Crippen molar-refractivity contribution in [3.63, 3.8) is 0 Å². The van der Waals surface area contributed by atoms with Crippen molar-refractivity contribution >= 4 is 22.4 Å². The quantitative estimate of drug-likeness (QED) is 0.440.